The highest BCUT2D eigenvalue weighted by atomic mass is 35.5. The molecule has 0 heterocycles. The first-order valence-corrected chi connectivity index (χ1v) is 7.69. The van der Waals surface area contributed by atoms with Crippen LogP contribution in [0.4, 0.5) is 4.39 Å². The minimum absolute atomic E-state index is 0.194. The lowest BCUT2D eigenvalue weighted by molar-refractivity contribution is 0.521. The van der Waals surface area contributed by atoms with Crippen LogP contribution in [0.25, 0.3) is 0 Å². The summed E-state index contributed by atoms with van der Waals surface area (Å²) < 4.78 is 13.0. The lowest BCUT2D eigenvalue weighted by atomic mass is 9.98. The van der Waals surface area contributed by atoms with Crippen LogP contribution in [0, 0.1) is 12.7 Å². The molecule has 1 N–H and O–H groups in total. The van der Waals surface area contributed by atoms with E-state index in [1.165, 1.54) is 17.7 Å². The van der Waals surface area contributed by atoms with E-state index in [9.17, 15) is 4.39 Å². The number of aryl methyl sites for hydroxylation is 1. The van der Waals surface area contributed by atoms with E-state index >= 15 is 0 Å². The van der Waals surface area contributed by atoms with E-state index < -0.39 is 0 Å². The standard InChI is InChI=1S/C18H21ClFN/c1-3-21-17(11-14-5-8-16(20)9-6-14)12-15-7-4-13(2)10-18(15)19/h4-10,17,21H,3,11-12H2,1-2H3. The summed E-state index contributed by atoms with van der Waals surface area (Å²) in [5, 5.41) is 4.30. The van der Waals surface area contributed by atoms with Crippen LogP contribution in [-0.4, -0.2) is 12.6 Å². The minimum Gasteiger partial charge on any atom is -0.314 e. The zero-order valence-electron chi connectivity index (χ0n) is 12.5. The van der Waals surface area contributed by atoms with Crippen molar-refractivity contribution < 1.29 is 4.39 Å². The van der Waals surface area contributed by atoms with Crippen molar-refractivity contribution >= 4 is 11.6 Å². The summed E-state index contributed by atoms with van der Waals surface area (Å²) in [5.74, 6) is -0.194. The predicted molar refractivity (Wildman–Crippen MR) is 87.5 cm³/mol. The van der Waals surface area contributed by atoms with Crippen molar-refractivity contribution in [2.45, 2.75) is 32.7 Å². The van der Waals surface area contributed by atoms with E-state index in [2.05, 4.69) is 24.4 Å². The summed E-state index contributed by atoms with van der Waals surface area (Å²) in [7, 11) is 0. The van der Waals surface area contributed by atoms with Gasteiger partial charge in [0.15, 0.2) is 0 Å². The second-order valence-electron chi connectivity index (χ2n) is 5.38. The van der Waals surface area contributed by atoms with E-state index in [1.54, 1.807) is 0 Å². The highest BCUT2D eigenvalue weighted by Gasteiger charge is 2.12. The van der Waals surface area contributed by atoms with Gasteiger partial charge in [-0.1, -0.05) is 42.8 Å². The fourth-order valence-electron chi connectivity index (χ4n) is 2.49. The summed E-state index contributed by atoms with van der Waals surface area (Å²) in [6.07, 6.45) is 1.72. The molecule has 1 unspecified atom stereocenters. The van der Waals surface area contributed by atoms with Crippen molar-refractivity contribution in [3.8, 4) is 0 Å². The van der Waals surface area contributed by atoms with Crippen molar-refractivity contribution in [2.24, 2.45) is 0 Å². The van der Waals surface area contributed by atoms with E-state index in [0.717, 1.165) is 35.5 Å². The van der Waals surface area contributed by atoms with Gasteiger partial charge in [-0.05, 0) is 61.2 Å². The number of likely N-dealkylation sites (N-methyl/N-ethyl adjacent to an activating group) is 1. The van der Waals surface area contributed by atoms with Crippen molar-refractivity contribution in [1.29, 1.82) is 0 Å². The van der Waals surface area contributed by atoms with Gasteiger partial charge in [0.05, 0.1) is 0 Å². The van der Waals surface area contributed by atoms with E-state index in [-0.39, 0.29) is 5.82 Å². The third-order valence-corrected chi connectivity index (χ3v) is 3.91. The molecule has 2 rings (SSSR count). The predicted octanol–water partition coefficient (Wildman–Crippen LogP) is 4.55. The Morgan fingerprint density at radius 3 is 2.43 bits per heavy atom. The summed E-state index contributed by atoms with van der Waals surface area (Å²) in [5.41, 5.74) is 3.45. The molecule has 112 valence electrons. The molecule has 3 heteroatoms. The zero-order chi connectivity index (χ0) is 15.2. The van der Waals surface area contributed by atoms with Gasteiger partial charge >= 0.3 is 0 Å². The zero-order valence-corrected chi connectivity index (χ0v) is 13.3. The largest absolute Gasteiger partial charge is 0.314 e. The normalized spacial score (nSPS) is 12.4. The number of halogens is 2. The fraction of sp³-hybridized carbons (Fsp3) is 0.333. The summed E-state index contributed by atoms with van der Waals surface area (Å²) in [6.45, 7) is 5.03. The van der Waals surface area contributed by atoms with Gasteiger partial charge in [-0.25, -0.2) is 4.39 Å². The Hall–Kier alpha value is -1.38. The highest BCUT2D eigenvalue weighted by Crippen LogP contribution is 2.20. The van der Waals surface area contributed by atoms with Crippen LogP contribution >= 0.6 is 11.6 Å². The lowest BCUT2D eigenvalue weighted by Gasteiger charge is -2.19. The highest BCUT2D eigenvalue weighted by molar-refractivity contribution is 6.31. The Balaban J connectivity index is 2.09. The third kappa shape index (κ3) is 4.83. The average molecular weight is 306 g/mol. The first-order chi connectivity index (χ1) is 10.1. The maximum atomic E-state index is 13.0. The first kappa shape index (κ1) is 16.0. The minimum atomic E-state index is -0.194. The quantitative estimate of drug-likeness (QED) is 0.825. The number of hydrogen-bond donors (Lipinski definition) is 1. The molecule has 0 saturated carbocycles. The molecule has 0 aliphatic heterocycles. The van der Waals surface area contributed by atoms with Gasteiger partial charge in [0.2, 0.25) is 0 Å². The van der Waals surface area contributed by atoms with Gasteiger partial charge in [-0.15, -0.1) is 0 Å². The Labute approximate surface area is 131 Å². The Morgan fingerprint density at radius 2 is 1.81 bits per heavy atom. The molecule has 21 heavy (non-hydrogen) atoms. The maximum absolute atomic E-state index is 13.0. The number of hydrogen-bond acceptors (Lipinski definition) is 1. The topological polar surface area (TPSA) is 12.0 Å². The Morgan fingerprint density at radius 1 is 1.10 bits per heavy atom. The lowest BCUT2D eigenvalue weighted by Crippen LogP contribution is -2.33. The molecule has 0 spiro atoms. The van der Waals surface area contributed by atoms with E-state index in [0.29, 0.717) is 6.04 Å². The van der Waals surface area contributed by atoms with E-state index in [4.69, 9.17) is 11.6 Å². The molecule has 1 nitrogen and oxygen atoms in total. The van der Waals surface area contributed by atoms with Crippen LogP contribution in [-0.2, 0) is 12.8 Å². The van der Waals surface area contributed by atoms with Crippen LogP contribution in [0.3, 0.4) is 0 Å². The molecule has 0 amide bonds. The molecule has 0 aliphatic carbocycles. The van der Waals surface area contributed by atoms with Crippen LogP contribution in [0.15, 0.2) is 42.5 Å². The first-order valence-electron chi connectivity index (χ1n) is 7.31. The SMILES string of the molecule is CCNC(Cc1ccc(F)cc1)Cc1ccc(C)cc1Cl. The van der Waals surface area contributed by atoms with Crippen molar-refractivity contribution in [3.05, 3.63) is 70.0 Å². The number of benzene rings is 2. The van der Waals surface area contributed by atoms with Crippen LogP contribution in [0.2, 0.25) is 5.02 Å². The number of nitrogens with one attached hydrogen (secondary N) is 1. The third-order valence-electron chi connectivity index (χ3n) is 3.56. The molecule has 0 bridgehead atoms. The molecule has 1 atom stereocenters. The molecule has 0 fully saturated rings. The monoisotopic (exact) mass is 305 g/mol. The van der Waals surface area contributed by atoms with Crippen LogP contribution < -0.4 is 5.32 Å². The van der Waals surface area contributed by atoms with Crippen LogP contribution in [0.5, 0.6) is 0 Å². The van der Waals surface area contributed by atoms with Crippen molar-refractivity contribution in [1.82, 2.24) is 5.32 Å². The second-order valence-corrected chi connectivity index (χ2v) is 5.79. The molecule has 0 radical (unpaired) electrons. The van der Waals surface area contributed by atoms with Gasteiger partial charge < -0.3 is 5.32 Å². The molecular formula is C18H21ClFN. The summed E-state index contributed by atoms with van der Waals surface area (Å²) in [6, 6.07) is 13.2. The molecule has 0 saturated heterocycles. The number of rotatable bonds is 6. The summed E-state index contributed by atoms with van der Waals surface area (Å²) in [4.78, 5) is 0. The van der Waals surface area contributed by atoms with Gasteiger partial charge in [0.25, 0.3) is 0 Å². The molecular weight excluding hydrogens is 285 g/mol. The van der Waals surface area contributed by atoms with Crippen LogP contribution in [0.1, 0.15) is 23.6 Å². The Bertz CT molecular complexity index is 580. The van der Waals surface area contributed by atoms with Crippen molar-refractivity contribution in [3.63, 3.8) is 0 Å². The fourth-order valence-corrected chi connectivity index (χ4v) is 2.81. The van der Waals surface area contributed by atoms with Gasteiger partial charge in [0.1, 0.15) is 5.82 Å². The van der Waals surface area contributed by atoms with Gasteiger partial charge in [-0.3, -0.25) is 0 Å². The molecule has 2 aromatic rings. The second kappa shape index (κ2) is 7.58. The molecule has 0 aliphatic rings. The average Bonchev–Trinajstić information content (AvgIpc) is 2.44. The Kier molecular flexibility index (Phi) is 5.77. The van der Waals surface area contributed by atoms with Gasteiger partial charge in [0, 0.05) is 11.1 Å². The molecule has 2 aromatic carbocycles. The molecule has 0 aromatic heterocycles. The smallest absolute Gasteiger partial charge is 0.123 e. The summed E-state index contributed by atoms with van der Waals surface area (Å²) >= 11 is 6.32. The maximum Gasteiger partial charge on any atom is 0.123 e. The van der Waals surface area contributed by atoms with E-state index in [1.807, 2.05) is 25.1 Å². The van der Waals surface area contributed by atoms with Gasteiger partial charge in [-0.2, -0.15) is 0 Å². The van der Waals surface area contributed by atoms with Crippen molar-refractivity contribution in [2.75, 3.05) is 6.54 Å².